The van der Waals surface area contributed by atoms with Crippen LogP contribution >= 0.6 is 10.7 Å². The third-order valence-electron chi connectivity index (χ3n) is 2.37. The van der Waals surface area contributed by atoms with Crippen molar-refractivity contribution in [2.45, 2.75) is 34.6 Å². The van der Waals surface area contributed by atoms with Crippen molar-refractivity contribution in [1.29, 1.82) is 0 Å². The molecule has 14 heavy (non-hydrogen) atoms. The van der Waals surface area contributed by atoms with Gasteiger partial charge in [0, 0.05) is 5.57 Å². The van der Waals surface area contributed by atoms with E-state index in [1.165, 1.54) is 0 Å². The Bertz CT molecular complexity index is 242. The van der Waals surface area contributed by atoms with Crippen LogP contribution in [0.3, 0.4) is 0 Å². The Balaban J connectivity index is 5.15. The molecule has 0 aromatic carbocycles. The lowest BCUT2D eigenvalue weighted by molar-refractivity contribution is 0.611. The van der Waals surface area contributed by atoms with Crippen molar-refractivity contribution >= 4 is 21.1 Å². The van der Waals surface area contributed by atoms with Crippen molar-refractivity contribution in [2.75, 3.05) is 0 Å². The van der Waals surface area contributed by atoms with Gasteiger partial charge in [-0.1, -0.05) is 34.3 Å². The van der Waals surface area contributed by atoms with Gasteiger partial charge < -0.3 is 4.55 Å². The third-order valence-corrected chi connectivity index (χ3v) is 3.74. The molecular weight excluding hydrogens is 216 g/mol. The second-order valence-corrected chi connectivity index (χ2v) is 5.77. The van der Waals surface area contributed by atoms with Crippen LogP contribution in [-0.2, 0) is 10.4 Å². The van der Waals surface area contributed by atoms with Gasteiger partial charge >= 0.3 is 0 Å². The predicted octanol–water partition coefficient (Wildman–Crippen LogP) is 4.03. The molecule has 0 aromatic rings. The molecule has 0 saturated heterocycles. The van der Waals surface area contributed by atoms with Crippen LogP contribution in [-0.4, -0.2) is 4.55 Å². The van der Waals surface area contributed by atoms with E-state index in [0.29, 0.717) is 5.92 Å². The van der Waals surface area contributed by atoms with Crippen molar-refractivity contribution in [3.05, 3.63) is 22.6 Å². The molecule has 0 fully saturated rings. The molecule has 1 nitrogen and oxygen atoms in total. The zero-order valence-electron chi connectivity index (χ0n) is 9.56. The molecule has 1 atom stereocenters. The predicted molar refractivity (Wildman–Crippen MR) is 65.5 cm³/mol. The van der Waals surface area contributed by atoms with Gasteiger partial charge in [-0.3, -0.25) is 0 Å². The molecule has 0 amide bonds. The van der Waals surface area contributed by atoms with Crippen LogP contribution in [0, 0.1) is 11.8 Å². The Hall–Kier alpha value is 0.0800. The molecule has 3 heteroatoms. The first-order valence-electron chi connectivity index (χ1n) is 4.77. The summed E-state index contributed by atoms with van der Waals surface area (Å²) in [6, 6.07) is 0. The van der Waals surface area contributed by atoms with Crippen LogP contribution in [0.25, 0.3) is 0 Å². The average molecular weight is 235 g/mol. The van der Waals surface area contributed by atoms with Crippen molar-refractivity contribution in [3.8, 4) is 0 Å². The van der Waals surface area contributed by atoms with Crippen LogP contribution in [0.2, 0.25) is 0 Å². The highest BCUT2D eigenvalue weighted by Crippen LogP contribution is 2.31. The summed E-state index contributed by atoms with van der Waals surface area (Å²) >= 11 is 0. The highest BCUT2D eigenvalue weighted by Gasteiger charge is 2.23. The molecule has 0 radical (unpaired) electrons. The highest BCUT2D eigenvalue weighted by atomic mass is 35.7. The average Bonchev–Trinajstić information content (AvgIpc) is 2.03. The van der Waals surface area contributed by atoms with E-state index in [2.05, 4.69) is 20.4 Å². The van der Waals surface area contributed by atoms with Crippen molar-refractivity contribution in [2.24, 2.45) is 11.8 Å². The van der Waals surface area contributed by atoms with E-state index >= 15 is 0 Å². The van der Waals surface area contributed by atoms with E-state index in [1.54, 1.807) is 0 Å². The smallest absolute Gasteiger partial charge is 0.181 e. The maximum atomic E-state index is 11.4. The molecule has 0 bridgehead atoms. The zero-order valence-corrected chi connectivity index (χ0v) is 11.1. The molecule has 0 N–H and O–H groups in total. The van der Waals surface area contributed by atoms with Crippen LogP contribution < -0.4 is 0 Å². The first-order chi connectivity index (χ1) is 6.29. The minimum absolute atomic E-state index is 0.279. The molecule has 0 spiro atoms. The molecule has 82 valence electrons. The lowest BCUT2D eigenvalue weighted by Crippen LogP contribution is -2.09. The van der Waals surface area contributed by atoms with E-state index in [1.807, 2.05) is 20.8 Å². The van der Waals surface area contributed by atoms with Gasteiger partial charge in [-0.05, 0) is 24.3 Å². The van der Waals surface area contributed by atoms with Crippen LogP contribution in [0.4, 0.5) is 0 Å². The topological polar surface area (TPSA) is 23.1 Å². The van der Waals surface area contributed by atoms with Gasteiger partial charge in [-0.15, -0.1) is 0 Å². The van der Waals surface area contributed by atoms with Gasteiger partial charge in [0.1, 0.15) is 10.4 Å². The van der Waals surface area contributed by atoms with E-state index < -0.39 is 10.4 Å². The van der Waals surface area contributed by atoms with Crippen molar-refractivity contribution in [1.82, 2.24) is 0 Å². The minimum Gasteiger partial charge on any atom is -0.594 e. The Morgan fingerprint density at radius 3 is 1.86 bits per heavy atom. The summed E-state index contributed by atoms with van der Waals surface area (Å²) < 4.78 is 11.4. The fourth-order valence-electron chi connectivity index (χ4n) is 1.01. The molecule has 0 aliphatic carbocycles. The first-order valence-corrected chi connectivity index (χ1v) is 6.74. The molecule has 1 unspecified atom stereocenters. The monoisotopic (exact) mass is 234 g/mol. The number of allylic oxidation sites excluding steroid dienone is 2. The Labute approximate surface area is 94.9 Å². The second kappa shape index (κ2) is 5.84. The lowest BCUT2D eigenvalue weighted by atomic mass is 9.97. The quantitative estimate of drug-likeness (QED) is 0.532. The SMILES string of the molecule is C=C(/C(=C(\C)C(C)C)[S+]([O-])Cl)C(C)C. The van der Waals surface area contributed by atoms with Crippen molar-refractivity contribution in [3.63, 3.8) is 0 Å². The summed E-state index contributed by atoms with van der Waals surface area (Å²) in [7, 11) is 4.22. The number of halogens is 1. The maximum Gasteiger partial charge on any atom is 0.181 e. The zero-order chi connectivity index (χ0) is 11.5. The third kappa shape index (κ3) is 3.68. The first kappa shape index (κ1) is 14.1. The fourth-order valence-corrected chi connectivity index (χ4v) is 2.60. The molecule has 0 aliphatic heterocycles. The van der Waals surface area contributed by atoms with Gasteiger partial charge in [0.25, 0.3) is 0 Å². The van der Waals surface area contributed by atoms with E-state index in [9.17, 15) is 4.55 Å². The molecule has 0 heterocycles. The largest absolute Gasteiger partial charge is 0.594 e. The minimum atomic E-state index is -1.45. The standard InChI is InChI=1S/C11H19ClOS/c1-7(2)9(5)11(14(12)13)10(6)8(3)4/h7-8H,5H2,1-4,6H3/b11-10-. The van der Waals surface area contributed by atoms with Crippen LogP contribution in [0.1, 0.15) is 34.6 Å². The Morgan fingerprint density at radius 2 is 1.64 bits per heavy atom. The van der Waals surface area contributed by atoms with Crippen molar-refractivity contribution < 1.29 is 4.55 Å². The molecular formula is C11H19ClOS. The summed E-state index contributed by atoms with van der Waals surface area (Å²) in [6.07, 6.45) is 0. The number of rotatable bonds is 4. The summed E-state index contributed by atoms with van der Waals surface area (Å²) in [5, 5.41) is 0. The normalized spacial score (nSPS) is 15.8. The summed E-state index contributed by atoms with van der Waals surface area (Å²) in [4.78, 5) is 0.719. The number of hydrogen-bond acceptors (Lipinski definition) is 1. The number of hydrogen-bond donors (Lipinski definition) is 0. The maximum absolute atomic E-state index is 11.4. The van der Waals surface area contributed by atoms with E-state index in [0.717, 1.165) is 16.1 Å². The van der Waals surface area contributed by atoms with Gasteiger partial charge in [0.15, 0.2) is 15.6 Å². The van der Waals surface area contributed by atoms with Gasteiger partial charge in [-0.25, -0.2) is 0 Å². The molecule has 0 saturated carbocycles. The van der Waals surface area contributed by atoms with Crippen LogP contribution in [0.15, 0.2) is 22.6 Å². The highest BCUT2D eigenvalue weighted by molar-refractivity contribution is 8.17. The fraction of sp³-hybridized carbons (Fsp3) is 0.636. The summed E-state index contributed by atoms with van der Waals surface area (Å²) in [5.41, 5.74) is 1.95. The van der Waals surface area contributed by atoms with E-state index in [4.69, 9.17) is 10.7 Å². The Kier molecular flexibility index (Phi) is 5.87. The van der Waals surface area contributed by atoms with Gasteiger partial charge in [0.05, 0.1) is 0 Å². The Morgan fingerprint density at radius 1 is 1.21 bits per heavy atom. The summed E-state index contributed by atoms with van der Waals surface area (Å²) in [6.45, 7) is 14.1. The lowest BCUT2D eigenvalue weighted by Gasteiger charge is -2.16. The molecule has 0 aliphatic rings. The molecule has 0 rings (SSSR count). The van der Waals surface area contributed by atoms with Crippen LogP contribution in [0.5, 0.6) is 0 Å². The molecule has 0 aromatic heterocycles. The van der Waals surface area contributed by atoms with E-state index in [-0.39, 0.29) is 5.92 Å². The van der Waals surface area contributed by atoms with Gasteiger partial charge in [0.2, 0.25) is 0 Å². The second-order valence-electron chi connectivity index (χ2n) is 4.07. The van der Waals surface area contributed by atoms with Gasteiger partial charge in [-0.2, -0.15) is 0 Å². The summed E-state index contributed by atoms with van der Waals surface area (Å²) in [5.74, 6) is 0.629.